The zero-order valence-electron chi connectivity index (χ0n) is 45.1. The van der Waals surface area contributed by atoms with Crippen molar-refractivity contribution in [2.75, 3.05) is 64.0 Å². The number of aliphatic hydroxyl groups is 1. The lowest BCUT2D eigenvalue weighted by atomic mass is 9.85. The van der Waals surface area contributed by atoms with Crippen molar-refractivity contribution in [2.24, 2.45) is 11.3 Å². The van der Waals surface area contributed by atoms with Gasteiger partial charge in [-0.2, -0.15) is 9.97 Å². The summed E-state index contributed by atoms with van der Waals surface area (Å²) in [6, 6.07) is 16.5. The van der Waals surface area contributed by atoms with Gasteiger partial charge in [-0.1, -0.05) is 77.1 Å². The number of hydrogen-bond donors (Lipinski definition) is 5. The zero-order valence-corrected chi connectivity index (χ0v) is 45.9. The van der Waals surface area contributed by atoms with Crippen LogP contribution in [-0.2, 0) is 32.0 Å². The number of hydrogen-bond acceptors (Lipinski definition) is 16. The number of phenols is 1. The highest BCUT2D eigenvalue weighted by Crippen LogP contribution is 2.37. The smallest absolute Gasteiger partial charge is 0.320 e. The Morgan fingerprint density at radius 2 is 1.69 bits per heavy atom. The molecule has 77 heavy (non-hydrogen) atoms. The number of likely N-dealkylation sites (tertiary alicyclic amines) is 2. The average Bonchev–Trinajstić information content (AvgIpc) is 4.19. The number of nitrogens with zero attached hydrogens (tertiary/aromatic N) is 8. The number of carbonyl (C=O) groups excluding carboxylic acids is 3. The number of aromatic nitrogens is 5. The van der Waals surface area contributed by atoms with Gasteiger partial charge in [-0.15, -0.1) is 11.3 Å². The minimum atomic E-state index is -0.955. The number of aryl methyl sites for hydroxylation is 2. The highest BCUT2D eigenvalue weighted by atomic mass is 32.1. The summed E-state index contributed by atoms with van der Waals surface area (Å²) in [5.41, 5.74) is 6.58. The van der Waals surface area contributed by atoms with E-state index >= 15 is 0 Å². The van der Waals surface area contributed by atoms with E-state index in [4.69, 9.17) is 29.4 Å². The second-order valence-electron chi connectivity index (χ2n) is 22.4. The summed E-state index contributed by atoms with van der Waals surface area (Å²) in [6.45, 7) is 16.3. The fraction of sp³-hybridized carbons (Fsp3) is 0.517. The van der Waals surface area contributed by atoms with E-state index in [9.17, 15) is 24.6 Å². The standard InChI is InChI=1S/C58H73N11O7S/c1-7-36-10-9-11-39-24-42(70)25-44(49(36)39)52-59-27-45-53(64-52)65-57(66-54(45)68-28-40-16-17-41(29-68)62-40)76-23-22-67-20-18-35(19-21-67)31-75-32-48(72)63-51(58(4,5)6)56(74)69-30-43(71)26-47(69)55(73)61-34(3)37-12-14-38(15-13-37)50-46(8-2)60-33-77-50/h9-15,24-25,27,33-35,40-41,43,47,51,62,70-71H,7-8,16-23,26,28-32H2,1-6H3,(H,61,73)(H,63,72)/t34?,40?,41?,43-,47+,51?/m1/s1. The molecule has 3 aromatic carbocycles. The molecule has 3 amide bonds. The van der Waals surface area contributed by atoms with Gasteiger partial charge in [0.1, 0.15) is 36.9 Å². The SMILES string of the molecule is CCc1ncsc1-c1ccc(C(C)NC(=O)[C@@H]2C[C@@H](O)CN2C(=O)C(NC(=O)COCC2CCN(CCOc3nc(N4CC5CCC(C4)N5)c4cnc(-c5cc(O)cc6cccc(CC)c56)nc4n3)CC2)C(C)(C)C)cc1. The van der Waals surface area contributed by atoms with E-state index in [1.54, 1.807) is 23.5 Å². The van der Waals surface area contributed by atoms with Gasteiger partial charge in [0.2, 0.25) is 17.7 Å². The number of fused-ring (bicyclic) bond motifs is 4. The van der Waals surface area contributed by atoms with Crippen molar-refractivity contribution in [3.8, 4) is 33.6 Å². The molecule has 0 radical (unpaired) electrons. The number of aromatic hydroxyl groups is 1. The molecule has 0 aliphatic carbocycles. The van der Waals surface area contributed by atoms with Crippen molar-refractivity contribution in [1.82, 2.24) is 50.7 Å². The maximum absolute atomic E-state index is 14.3. The Balaban J connectivity index is 0.711. The molecule has 0 spiro atoms. The van der Waals surface area contributed by atoms with Crippen LogP contribution in [0.1, 0.15) is 96.5 Å². The van der Waals surface area contributed by atoms with Crippen LogP contribution in [-0.4, -0.2) is 152 Å². The van der Waals surface area contributed by atoms with Crippen LogP contribution in [0.15, 0.2) is 66.3 Å². The van der Waals surface area contributed by atoms with Crippen LogP contribution in [0.4, 0.5) is 5.82 Å². The number of β-amino-alcohol motifs (C(OH)–C–C–N with tert-alkyl or cyclic N) is 1. The van der Waals surface area contributed by atoms with Crippen molar-refractivity contribution < 1.29 is 34.1 Å². The van der Waals surface area contributed by atoms with Gasteiger partial charge in [-0.25, -0.2) is 15.0 Å². The van der Waals surface area contributed by atoms with Crippen LogP contribution in [0.3, 0.4) is 0 Å². The first-order chi connectivity index (χ1) is 37.1. The number of thiazole rings is 1. The number of benzene rings is 3. The van der Waals surface area contributed by atoms with E-state index in [1.807, 2.05) is 75.8 Å². The fourth-order valence-corrected chi connectivity index (χ4v) is 12.5. The predicted octanol–water partition coefficient (Wildman–Crippen LogP) is 6.61. The first-order valence-electron chi connectivity index (χ1n) is 27.5. The van der Waals surface area contributed by atoms with Crippen LogP contribution in [0.2, 0.25) is 0 Å². The summed E-state index contributed by atoms with van der Waals surface area (Å²) in [5.74, 6) is 0.452. The van der Waals surface area contributed by atoms with Crippen LogP contribution >= 0.6 is 11.3 Å². The maximum atomic E-state index is 14.3. The molecular weight excluding hydrogens is 995 g/mol. The van der Waals surface area contributed by atoms with E-state index in [1.165, 1.54) is 4.90 Å². The van der Waals surface area contributed by atoms with Gasteiger partial charge in [-0.3, -0.25) is 19.3 Å². The molecule has 4 fully saturated rings. The number of aliphatic hydroxyl groups excluding tert-OH is 1. The molecule has 4 saturated heterocycles. The lowest BCUT2D eigenvalue weighted by Crippen LogP contribution is -2.58. The molecule has 2 bridgehead atoms. The third-order valence-electron chi connectivity index (χ3n) is 15.8. The van der Waals surface area contributed by atoms with Crippen molar-refractivity contribution in [2.45, 2.75) is 123 Å². The average molecular weight is 1070 g/mol. The van der Waals surface area contributed by atoms with Crippen LogP contribution in [0.5, 0.6) is 11.8 Å². The molecular formula is C58H73N11O7S. The third kappa shape index (κ3) is 12.2. The number of phenolic OH excluding ortho intramolecular Hbond substituents is 1. The maximum Gasteiger partial charge on any atom is 0.320 e. The number of carbonyl (C=O) groups is 3. The van der Waals surface area contributed by atoms with Gasteiger partial charge in [0.05, 0.1) is 40.2 Å². The quantitative estimate of drug-likeness (QED) is 0.0612. The Kier molecular flexibility index (Phi) is 16.3. The van der Waals surface area contributed by atoms with Crippen LogP contribution < -0.4 is 25.6 Å². The van der Waals surface area contributed by atoms with Crippen molar-refractivity contribution in [3.05, 3.63) is 83.1 Å². The molecule has 4 unspecified atom stereocenters. The number of amides is 3. The van der Waals surface area contributed by atoms with Crippen molar-refractivity contribution >= 4 is 56.7 Å². The summed E-state index contributed by atoms with van der Waals surface area (Å²) in [4.78, 5) is 72.9. The lowest BCUT2D eigenvalue weighted by Gasteiger charge is -2.35. The number of nitrogens with one attached hydrogen (secondary N) is 3. The van der Waals surface area contributed by atoms with Crippen molar-refractivity contribution in [3.63, 3.8) is 0 Å². The Morgan fingerprint density at radius 1 is 0.922 bits per heavy atom. The Bertz CT molecular complexity index is 3070. The van der Waals surface area contributed by atoms with E-state index < -0.39 is 35.4 Å². The molecule has 4 aliphatic heterocycles. The predicted molar refractivity (Wildman–Crippen MR) is 298 cm³/mol. The number of piperidine rings is 1. The number of anilines is 1. The van der Waals surface area contributed by atoms with Gasteiger partial charge >= 0.3 is 6.01 Å². The second kappa shape index (κ2) is 23.3. The van der Waals surface area contributed by atoms with E-state index in [0.29, 0.717) is 43.3 Å². The summed E-state index contributed by atoms with van der Waals surface area (Å²) >= 11 is 1.60. The molecule has 5 N–H and O–H groups in total. The van der Waals surface area contributed by atoms with E-state index in [-0.39, 0.29) is 49.2 Å². The number of rotatable bonds is 18. The Labute approximate surface area is 454 Å². The number of ether oxygens (including phenoxy) is 2. The van der Waals surface area contributed by atoms with Crippen LogP contribution in [0, 0.1) is 11.3 Å². The molecule has 18 nitrogen and oxygen atoms in total. The van der Waals surface area contributed by atoms with Crippen LogP contribution in [0.25, 0.3) is 43.6 Å². The van der Waals surface area contributed by atoms with Gasteiger partial charge in [-0.05, 0) is 109 Å². The summed E-state index contributed by atoms with van der Waals surface area (Å²) in [6.07, 6.45) is 6.71. The highest BCUT2D eigenvalue weighted by molar-refractivity contribution is 7.13. The summed E-state index contributed by atoms with van der Waals surface area (Å²) < 4.78 is 12.3. The minimum absolute atomic E-state index is 0.00937. The first-order valence-corrected chi connectivity index (χ1v) is 28.3. The third-order valence-corrected chi connectivity index (χ3v) is 16.7. The summed E-state index contributed by atoms with van der Waals surface area (Å²) in [5, 5.41) is 33.9. The monoisotopic (exact) mass is 1070 g/mol. The Hall–Kier alpha value is -6.38. The first kappa shape index (κ1) is 54.0. The second-order valence-corrected chi connectivity index (χ2v) is 23.3. The largest absolute Gasteiger partial charge is 0.508 e. The molecule has 0 saturated carbocycles. The van der Waals surface area contributed by atoms with Gasteiger partial charge < -0.3 is 45.4 Å². The lowest BCUT2D eigenvalue weighted by molar-refractivity contribution is -0.144. The normalized spacial score (nSPS) is 20.9. The molecule has 408 valence electrons. The van der Waals surface area contributed by atoms with E-state index in [2.05, 4.69) is 50.6 Å². The summed E-state index contributed by atoms with van der Waals surface area (Å²) in [7, 11) is 0. The van der Waals surface area contributed by atoms with E-state index in [0.717, 1.165) is 120 Å². The molecule has 4 aliphatic rings. The van der Waals surface area contributed by atoms with Gasteiger partial charge in [0, 0.05) is 56.4 Å². The minimum Gasteiger partial charge on any atom is -0.508 e. The number of piperazine rings is 1. The zero-order chi connectivity index (χ0) is 54.0. The van der Waals surface area contributed by atoms with Gasteiger partial charge in [0.15, 0.2) is 11.5 Å². The molecule has 3 aromatic heterocycles. The van der Waals surface area contributed by atoms with Crippen molar-refractivity contribution in [1.29, 1.82) is 0 Å². The molecule has 19 heteroatoms. The Morgan fingerprint density at radius 3 is 2.42 bits per heavy atom. The molecule has 7 heterocycles. The highest BCUT2D eigenvalue weighted by Gasteiger charge is 2.45. The topological polar surface area (TPSA) is 220 Å². The molecule has 10 rings (SSSR count). The molecule has 6 atom stereocenters. The van der Waals surface area contributed by atoms with Gasteiger partial charge in [0.25, 0.3) is 0 Å². The fourth-order valence-electron chi connectivity index (χ4n) is 11.6. The molecule has 6 aromatic rings.